The fourth-order valence-corrected chi connectivity index (χ4v) is 4.29. The van der Waals surface area contributed by atoms with E-state index >= 15 is 0 Å². The molecule has 5 nitrogen and oxygen atoms in total. The summed E-state index contributed by atoms with van der Waals surface area (Å²) in [5, 5.41) is 11.4. The molecule has 2 aliphatic rings. The minimum atomic E-state index is -1.06. The van der Waals surface area contributed by atoms with Gasteiger partial charge in [0.1, 0.15) is 0 Å². The highest BCUT2D eigenvalue weighted by atomic mass is 16.4. The maximum Gasteiger partial charge on any atom is 0.226 e. The number of carbonyl (C=O) groups is 2. The Morgan fingerprint density at radius 3 is 2.19 bits per heavy atom. The Morgan fingerprint density at radius 2 is 1.62 bits per heavy atom. The molecule has 1 saturated carbocycles. The van der Waals surface area contributed by atoms with Crippen LogP contribution in [0.15, 0.2) is 24.3 Å². The number of carboxylic acid groups (broad SMARTS) is 1. The predicted molar refractivity (Wildman–Crippen MR) is 99.7 cm³/mol. The van der Waals surface area contributed by atoms with Crippen LogP contribution in [-0.4, -0.2) is 43.0 Å². The van der Waals surface area contributed by atoms with Gasteiger partial charge in [-0.3, -0.25) is 4.79 Å². The van der Waals surface area contributed by atoms with Crippen LogP contribution < -0.4 is 10.0 Å². The number of nitrogens with zero attached hydrogens (tertiary/aromatic N) is 2. The largest absolute Gasteiger partial charge is 0.550 e. The van der Waals surface area contributed by atoms with Gasteiger partial charge in [-0.15, -0.1) is 0 Å². The number of carbonyl (C=O) groups excluding carboxylic acids is 2. The summed E-state index contributed by atoms with van der Waals surface area (Å²) in [6.07, 6.45) is 5.31. The zero-order valence-corrected chi connectivity index (χ0v) is 15.7. The van der Waals surface area contributed by atoms with Crippen LogP contribution in [0.1, 0.15) is 44.6 Å². The molecule has 0 radical (unpaired) electrons. The van der Waals surface area contributed by atoms with Crippen molar-refractivity contribution in [3.63, 3.8) is 0 Å². The summed E-state index contributed by atoms with van der Waals surface area (Å²) in [6, 6.07) is 8.69. The third kappa shape index (κ3) is 4.19. The molecule has 0 unspecified atom stereocenters. The minimum absolute atomic E-state index is 0.0110. The predicted octanol–water partition coefficient (Wildman–Crippen LogP) is 1.84. The van der Waals surface area contributed by atoms with Crippen molar-refractivity contribution in [1.82, 2.24) is 4.90 Å². The molecule has 0 bridgehead atoms. The molecular weight excluding hydrogens is 328 g/mol. The molecule has 26 heavy (non-hydrogen) atoms. The zero-order chi connectivity index (χ0) is 18.5. The van der Waals surface area contributed by atoms with Crippen molar-refractivity contribution in [2.45, 2.75) is 45.4 Å². The molecule has 5 heteroatoms. The molecule has 1 aromatic carbocycles. The van der Waals surface area contributed by atoms with E-state index in [9.17, 15) is 14.7 Å². The zero-order valence-electron chi connectivity index (χ0n) is 15.7. The molecule has 0 aromatic heterocycles. The quantitative estimate of drug-likeness (QED) is 0.807. The van der Waals surface area contributed by atoms with Gasteiger partial charge in [-0.25, -0.2) is 0 Å². The second kappa shape index (κ2) is 8.56. The van der Waals surface area contributed by atoms with E-state index in [-0.39, 0.29) is 5.91 Å². The van der Waals surface area contributed by atoms with Crippen LogP contribution >= 0.6 is 0 Å². The first-order valence-corrected chi connectivity index (χ1v) is 9.93. The fraction of sp³-hybridized carbons (Fsp3) is 0.619. The molecule has 2 fully saturated rings. The smallest absolute Gasteiger partial charge is 0.226 e. The lowest BCUT2D eigenvalue weighted by Crippen LogP contribution is -2.53. The molecule has 1 aliphatic heterocycles. The van der Waals surface area contributed by atoms with E-state index in [0.29, 0.717) is 25.9 Å². The van der Waals surface area contributed by atoms with Crippen LogP contribution in [0.2, 0.25) is 0 Å². The summed E-state index contributed by atoms with van der Waals surface area (Å²) in [6.45, 7) is 5.09. The summed E-state index contributed by atoms with van der Waals surface area (Å²) < 4.78 is 0. The topological polar surface area (TPSA) is 63.7 Å². The van der Waals surface area contributed by atoms with E-state index < -0.39 is 17.8 Å². The molecule has 3 rings (SSSR count). The van der Waals surface area contributed by atoms with Crippen molar-refractivity contribution < 1.29 is 14.7 Å². The third-order valence-electron chi connectivity index (χ3n) is 5.82. The lowest BCUT2D eigenvalue weighted by Gasteiger charge is -2.40. The lowest BCUT2D eigenvalue weighted by molar-refractivity contribution is -0.314. The van der Waals surface area contributed by atoms with Gasteiger partial charge in [0.15, 0.2) is 0 Å². The van der Waals surface area contributed by atoms with Crippen LogP contribution in [0.4, 0.5) is 5.69 Å². The number of hydrogen-bond donors (Lipinski definition) is 0. The number of anilines is 1. The third-order valence-corrected chi connectivity index (χ3v) is 5.82. The Morgan fingerprint density at radius 1 is 1.00 bits per heavy atom. The Bertz CT molecular complexity index is 621. The van der Waals surface area contributed by atoms with Crippen LogP contribution in [0.3, 0.4) is 0 Å². The van der Waals surface area contributed by atoms with Gasteiger partial charge >= 0.3 is 0 Å². The Labute approximate surface area is 156 Å². The molecule has 1 amide bonds. The van der Waals surface area contributed by atoms with Gasteiger partial charge in [-0.05, 0) is 37.0 Å². The number of benzene rings is 1. The molecule has 142 valence electrons. The Hall–Kier alpha value is -2.04. The van der Waals surface area contributed by atoms with Crippen LogP contribution in [0.5, 0.6) is 0 Å². The molecule has 1 heterocycles. The van der Waals surface area contributed by atoms with Gasteiger partial charge in [0.25, 0.3) is 0 Å². The normalized spacial score (nSPS) is 23.7. The van der Waals surface area contributed by atoms with Gasteiger partial charge in [0.2, 0.25) is 5.91 Å². The number of rotatable bonds is 5. The number of amides is 1. The van der Waals surface area contributed by atoms with Crippen LogP contribution in [0, 0.1) is 11.8 Å². The maximum atomic E-state index is 12.8. The van der Waals surface area contributed by atoms with Crippen molar-refractivity contribution in [2.24, 2.45) is 11.8 Å². The molecular formula is C21H29N2O3-. The molecule has 0 spiro atoms. The number of hydrogen-bond acceptors (Lipinski definition) is 4. The van der Waals surface area contributed by atoms with Gasteiger partial charge in [-0.2, -0.15) is 0 Å². The number of carboxylic acids is 1. The summed E-state index contributed by atoms with van der Waals surface area (Å²) in [4.78, 5) is 28.4. The van der Waals surface area contributed by atoms with Crippen molar-refractivity contribution >= 4 is 17.6 Å². The van der Waals surface area contributed by atoms with Gasteiger partial charge in [0, 0.05) is 49.7 Å². The summed E-state index contributed by atoms with van der Waals surface area (Å²) in [5.41, 5.74) is 2.55. The highest BCUT2D eigenvalue weighted by molar-refractivity contribution is 5.84. The van der Waals surface area contributed by atoms with E-state index in [1.54, 1.807) is 0 Å². The SMILES string of the molecule is CCCc1ccc(N2CCN(C(=O)[C@@H]3CCCC[C@@H]3C(=O)[O-])CC2)cc1. The monoisotopic (exact) mass is 357 g/mol. The van der Waals surface area contributed by atoms with E-state index in [1.165, 1.54) is 11.3 Å². The maximum absolute atomic E-state index is 12.8. The molecule has 0 N–H and O–H groups in total. The minimum Gasteiger partial charge on any atom is -0.550 e. The lowest BCUT2D eigenvalue weighted by atomic mass is 9.78. The molecule has 1 saturated heterocycles. The van der Waals surface area contributed by atoms with Crippen LogP contribution in [-0.2, 0) is 16.0 Å². The summed E-state index contributed by atoms with van der Waals surface area (Å²) in [7, 11) is 0. The Balaban J connectivity index is 1.57. The highest BCUT2D eigenvalue weighted by Gasteiger charge is 2.35. The van der Waals surface area contributed by atoms with Gasteiger partial charge < -0.3 is 19.7 Å². The molecule has 2 atom stereocenters. The summed E-state index contributed by atoms with van der Waals surface area (Å²) in [5.74, 6) is -2.06. The van der Waals surface area contributed by atoms with E-state index in [4.69, 9.17) is 0 Å². The number of aliphatic carboxylic acids is 1. The van der Waals surface area contributed by atoms with E-state index in [2.05, 4.69) is 36.1 Å². The first-order valence-electron chi connectivity index (χ1n) is 9.93. The first-order chi connectivity index (χ1) is 12.6. The van der Waals surface area contributed by atoms with Crippen LogP contribution in [0.25, 0.3) is 0 Å². The van der Waals surface area contributed by atoms with Crippen molar-refractivity contribution in [3.05, 3.63) is 29.8 Å². The number of piperazine rings is 1. The Kier molecular flexibility index (Phi) is 6.17. The molecule has 1 aromatic rings. The fourth-order valence-electron chi connectivity index (χ4n) is 4.29. The molecule has 1 aliphatic carbocycles. The second-order valence-electron chi connectivity index (χ2n) is 7.55. The van der Waals surface area contributed by atoms with E-state index in [0.717, 1.165) is 38.8 Å². The van der Waals surface area contributed by atoms with Crippen molar-refractivity contribution in [1.29, 1.82) is 0 Å². The van der Waals surface area contributed by atoms with Gasteiger partial charge in [-0.1, -0.05) is 38.3 Å². The van der Waals surface area contributed by atoms with Crippen molar-refractivity contribution in [2.75, 3.05) is 31.1 Å². The first kappa shape index (κ1) is 18.7. The van der Waals surface area contributed by atoms with Crippen molar-refractivity contribution in [3.8, 4) is 0 Å². The average molecular weight is 357 g/mol. The average Bonchev–Trinajstić information content (AvgIpc) is 2.68. The standard InChI is InChI=1S/C21H30N2O3/c1-2-5-16-8-10-17(11-9-16)22-12-14-23(15-13-22)20(24)18-6-3-4-7-19(18)21(25)26/h8-11,18-19H,2-7,12-15H2,1H3,(H,25,26)/p-1/t18-,19+/m1/s1. The number of aryl methyl sites for hydroxylation is 1. The second-order valence-corrected chi connectivity index (χ2v) is 7.55. The summed E-state index contributed by atoms with van der Waals surface area (Å²) >= 11 is 0. The highest BCUT2D eigenvalue weighted by Crippen LogP contribution is 2.31. The van der Waals surface area contributed by atoms with E-state index in [1.807, 2.05) is 4.90 Å². The van der Waals surface area contributed by atoms with Gasteiger partial charge in [0.05, 0.1) is 0 Å².